The van der Waals surface area contributed by atoms with Gasteiger partial charge in [0.25, 0.3) is 0 Å². The Morgan fingerprint density at radius 3 is 2.22 bits per heavy atom. The molecule has 0 saturated heterocycles. The molecule has 2 unspecified atom stereocenters. The molecule has 1 saturated carbocycles. The van der Waals surface area contributed by atoms with Crippen molar-refractivity contribution in [3.05, 3.63) is 125 Å². The number of hydrogen-bond donors (Lipinski definition) is 1. The fourth-order valence-electron chi connectivity index (χ4n) is 8.69. The number of benzene rings is 4. The number of halogens is 1. The number of hydrogen-bond acceptors (Lipinski definition) is 8. The molecule has 3 aliphatic rings. The number of sulfonamides is 1. The van der Waals surface area contributed by atoms with E-state index in [-0.39, 0.29) is 41.3 Å². The van der Waals surface area contributed by atoms with Crippen LogP contribution in [0.2, 0.25) is 5.02 Å². The molecule has 0 amide bonds. The van der Waals surface area contributed by atoms with Crippen LogP contribution in [0.5, 0.6) is 17.2 Å². The third-order valence-corrected chi connectivity index (χ3v) is 15.7. The summed E-state index contributed by atoms with van der Waals surface area (Å²) in [6, 6.07) is 26.4. The molecule has 2 aliphatic carbocycles. The van der Waals surface area contributed by atoms with Crippen LogP contribution in [0, 0.1) is 11.8 Å². The average molecular weight is 847 g/mol. The molecule has 5 atom stereocenters. The van der Waals surface area contributed by atoms with Crippen LogP contribution in [0.3, 0.4) is 0 Å². The first-order valence-corrected chi connectivity index (χ1v) is 23.1. The highest BCUT2D eigenvalue weighted by Gasteiger charge is 2.45. The van der Waals surface area contributed by atoms with Gasteiger partial charge in [0, 0.05) is 48.0 Å². The summed E-state index contributed by atoms with van der Waals surface area (Å²) >= 11 is 5.27. The Morgan fingerprint density at radius 2 is 1.66 bits per heavy atom. The number of methoxy groups -OCH3 is 2. The van der Waals surface area contributed by atoms with Crippen LogP contribution in [0.15, 0.2) is 102 Å². The monoisotopic (exact) mass is 845 g/mol. The van der Waals surface area contributed by atoms with Crippen molar-refractivity contribution in [2.75, 3.05) is 38.8 Å². The van der Waals surface area contributed by atoms with Gasteiger partial charge >= 0.3 is 0 Å². The lowest BCUT2D eigenvalue weighted by atomic mass is 9.68. The third kappa shape index (κ3) is 9.05. The maximum Gasteiger partial charge on any atom is 0.243 e. The highest BCUT2D eigenvalue weighted by molar-refractivity contribution is 7.90. The second-order valence-electron chi connectivity index (χ2n) is 17.0. The predicted molar refractivity (Wildman–Crippen MR) is 234 cm³/mol. The van der Waals surface area contributed by atoms with Crippen molar-refractivity contribution in [1.82, 2.24) is 9.03 Å². The second-order valence-corrected chi connectivity index (χ2v) is 21.3. The average Bonchev–Trinajstić information content (AvgIpc) is 3.35. The van der Waals surface area contributed by atoms with Gasteiger partial charge in [0.15, 0.2) is 0 Å². The number of ether oxygens (including phenoxy) is 3. The summed E-state index contributed by atoms with van der Waals surface area (Å²) < 4.78 is 65.2. The van der Waals surface area contributed by atoms with Gasteiger partial charge in [-0.15, -0.1) is 11.3 Å². The molecule has 7 rings (SSSR count). The second kappa shape index (κ2) is 17.5. The minimum Gasteiger partial charge on any atom is -0.598 e. The number of rotatable bonds is 14. The summed E-state index contributed by atoms with van der Waals surface area (Å²) in [5.41, 5.74) is 4.60. The van der Waals surface area contributed by atoms with Crippen LogP contribution in [-0.4, -0.2) is 62.0 Å². The molecular formula is C46H56ClN3O6S2. The summed E-state index contributed by atoms with van der Waals surface area (Å²) in [7, 11) is -0.820. The van der Waals surface area contributed by atoms with E-state index in [4.69, 9.17) is 25.8 Å². The summed E-state index contributed by atoms with van der Waals surface area (Å²) in [5.74, 6) is 2.54. The molecule has 1 N–H and O–H groups in total. The van der Waals surface area contributed by atoms with Gasteiger partial charge in [0.1, 0.15) is 22.0 Å². The Balaban J connectivity index is 1.26. The van der Waals surface area contributed by atoms with Crippen molar-refractivity contribution >= 4 is 38.7 Å². The van der Waals surface area contributed by atoms with Gasteiger partial charge in [-0.05, 0) is 142 Å². The number of fused-ring (bicyclic) bond motifs is 3. The quantitative estimate of drug-likeness (QED) is 0.0993. The van der Waals surface area contributed by atoms with Crippen molar-refractivity contribution in [3.63, 3.8) is 0 Å². The lowest BCUT2D eigenvalue weighted by Gasteiger charge is -2.46. The molecule has 1 fully saturated rings. The highest BCUT2D eigenvalue weighted by Crippen LogP contribution is 2.47. The molecule has 0 radical (unpaired) electrons. The predicted octanol–water partition coefficient (Wildman–Crippen LogP) is 8.85. The molecule has 4 aromatic carbocycles. The van der Waals surface area contributed by atoms with Crippen molar-refractivity contribution in [1.29, 1.82) is 0 Å². The molecule has 58 heavy (non-hydrogen) atoms. The molecular weight excluding hydrogens is 790 g/mol. The number of aryl methyl sites for hydroxylation is 1. The van der Waals surface area contributed by atoms with Crippen molar-refractivity contribution < 1.29 is 27.2 Å². The Kier molecular flexibility index (Phi) is 12.8. The maximum atomic E-state index is 15.0. The van der Waals surface area contributed by atoms with Crippen LogP contribution in [0.4, 0.5) is 5.69 Å². The largest absolute Gasteiger partial charge is 0.598 e. The van der Waals surface area contributed by atoms with E-state index in [1.165, 1.54) is 15.4 Å². The first-order chi connectivity index (χ1) is 27.7. The Hall–Kier alpha value is -3.71. The molecule has 0 bridgehead atoms. The van der Waals surface area contributed by atoms with E-state index in [1.54, 1.807) is 20.3 Å². The zero-order chi connectivity index (χ0) is 41.2. The van der Waals surface area contributed by atoms with Crippen LogP contribution < -0.4 is 23.8 Å². The van der Waals surface area contributed by atoms with Gasteiger partial charge in [-0.25, -0.2) is 8.42 Å². The third-order valence-electron chi connectivity index (χ3n) is 12.1. The molecule has 4 aromatic rings. The van der Waals surface area contributed by atoms with E-state index in [9.17, 15) is 13.0 Å². The molecule has 12 heteroatoms. The molecule has 1 spiro atoms. The van der Waals surface area contributed by atoms with Crippen LogP contribution in [-0.2, 0) is 46.3 Å². The van der Waals surface area contributed by atoms with Gasteiger partial charge in [-0.1, -0.05) is 48.0 Å². The molecule has 9 nitrogen and oxygen atoms in total. The molecule has 310 valence electrons. The molecule has 0 aromatic heterocycles. The Labute approximate surface area is 353 Å². The van der Waals surface area contributed by atoms with Crippen LogP contribution >= 0.6 is 11.6 Å². The van der Waals surface area contributed by atoms with Gasteiger partial charge in [-0.3, -0.25) is 0 Å². The van der Waals surface area contributed by atoms with E-state index in [0.717, 1.165) is 53.9 Å². The molecule has 1 heterocycles. The summed E-state index contributed by atoms with van der Waals surface area (Å²) in [6.07, 6.45) is 6.77. The van der Waals surface area contributed by atoms with E-state index in [1.807, 2.05) is 93.6 Å². The minimum absolute atomic E-state index is 0.121. The smallest absolute Gasteiger partial charge is 0.243 e. The normalized spacial score (nSPS) is 21.6. The van der Waals surface area contributed by atoms with Gasteiger partial charge in [-0.2, -0.15) is 4.31 Å². The summed E-state index contributed by atoms with van der Waals surface area (Å²) in [5, 5.41) is 0.724. The van der Waals surface area contributed by atoms with Crippen LogP contribution in [0.25, 0.3) is 0 Å². The topological polar surface area (TPSA) is 103 Å². The van der Waals surface area contributed by atoms with Gasteiger partial charge in [0.05, 0.1) is 37.5 Å². The van der Waals surface area contributed by atoms with E-state index >= 15 is 0 Å². The lowest BCUT2D eigenvalue weighted by molar-refractivity contribution is 0.153. The summed E-state index contributed by atoms with van der Waals surface area (Å²) in [6.45, 7) is 12.2. The summed E-state index contributed by atoms with van der Waals surface area (Å²) in [4.78, 5) is 2.57. The van der Waals surface area contributed by atoms with Crippen molar-refractivity contribution in [2.45, 2.75) is 87.1 Å². The van der Waals surface area contributed by atoms with Gasteiger partial charge in [0.2, 0.25) is 10.0 Å². The number of anilines is 1. The van der Waals surface area contributed by atoms with Gasteiger partial charge < -0.3 is 23.7 Å². The Morgan fingerprint density at radius 1 is 1.00 bits per heavy atom. The first-order valence-electron chi connectivity index (χ1n) is 20.1. The SMILES string of the molecule is C=CC(N[S+]([O-])C(C)(C)C)[C@@H]1CC[C@H]1CN1C[C@@]2(CCCc3cc(Cl)ccc32)COc2ccc(S(=O)(=O)N(Cc3ccc(OC)cc3)Cc3ccc(OC)cc3)cc21. The van der Waals surface area contributed by atoms with Crippen LogP contribution in [0.1, 0.15) is 68.7 Å². The van der Waals surface area contributed by atoms with Crippen molar-refractivity contribution in [3.8, 4) is 17.2 Å². The highest BCUT2D eigenvalue weighted by atomic mass is 35.5. The zero-order valence-electron chi connectivity index (χ0n) is 34.2. The van der Waals surface area contributed by atoms with E-state index < -0.39 is 26.1 Å². The maximum absolute atomic E-state index is 15.0. The fraction of sp³-hybridized carbons (Fsp3) is 0.435. The zero-order valence-corrected chi connectivity index (χ0v) is 36.6. The lowest BCUT2D eigenvalue weighted by Crippen LogP contribution is -2.53. The fourth-order valence-corrected chi connectivity index (χ4v) is 11.2. The first kappa shape index (κ1) is 42.4. The Bertz CT molecular complexity index is 2130. The number of nitrogens with one attached hydrogen (secondary N) is 1. The van der Waals surface area contributed by atoms with E-state index in [2.05, 4.69) is 28.3 Å². The minimum atomic E-state index is -4.04. The standard InChI is InChI=1S/C46H56ClN3O6S2/c1-7-42(48-57(51)45(2,3)4)40-21-14-35(40)29-49-30-46(24-8-9-34-25-36(47)15-22-41(34)46)31-56-44-23-20-39(26-43(44)49)58(52,53)50(27-32-10-16-37(54-5)17-11-32)28-33-12-18-38(55-6)19-13-33/h7,10-13,15-20,22-23,25-26,35,40,42,48H,1,8-9,14,21,24,27-31H2,2-6H3/t35-,40+,42?,46-,57?/m0/s1. The molecule has 1 aliphatic heterocycles. The number of nitrogens with zero attached hydrogens (tertiary/aromatic N) is 2. The van der Waals surface area contributed by atoms with E-state index in [0.29, 0.717) is 36.9 Å². The van der Waals surface area contributed by atoms with Crippen molar-refractivity contribution in [2.24, 2.45) is 11.8 Å².